The topological polar surface area (TPSA) is 88.1 Å². The zero-order chi connectivity index (χ0) is 25.8. The molecule has 4 aliphatic rings. The highest BCUT2D eigenvalue weighted by molar-refractivity contribution is 5.96. The highest BCUT2D eigenvalue weighted by atomic mass is 16.6. The van der Waals surface area contributed by atoms with E-state index in [9.17, 15) is 9.59 Å². The van der Waals surface area contributed by atoms with Crippen LogP contribution in [0.1, 0.15) is 33.6 Å². The summed E-state index contributed by atoms with van der Waals surface area (Å²) >= 11 is 0. The molecule has 0 radical (unpaired) electrons. The van der Waals surface area contributed by atoms with Gasteiger partial charge in [0.1, 0.15) is 0 Å². The van der Waals surface area contributed by atoms with Gasteiger partial charge in [-0.25, -0.2) is 9.97 Å². The number of carbonyl (C=O) groups is 2. The fourth-order valence-electron chi connectivity index (χ4n) is 6.41. The summed E-state index contributed by atoms with van der Waals surface area (Å²) in [7, 11) is 0. The molecule has 4 heterocycles. The normalized spacial score (nSPS) is 28.9. The number of carbonyl (C=O) groups excluding carboxylic acids is 2. The van der Waals surface area contributed by atoms with Crippen LogP contribution >= 0.6 is 0 Å². The van der Waals surface area contributed by atoms with Crippen molar-refractivity contribution in [3.8, 4) is 11.3 Å². The van der Waals surface area contributed by atoms with Crippen molar-refractivity contribution in [3.63, 3.8) is 0 Å². The fraction of sp³-hybridized carbons (Fsp3) is 0.571. The van der Waals surface area contributed by atoms with Crippen molar-refractivity contribution in [2.75, 3.05) is 62.3 Å². The molecule has 1 aromatic carbocycles. The summed E-state index contributed by atoms with van der Waals surface area (Å²) in [4.78, 5) is 42.0. The summed E-state index contributed by atoms with van der Waals surface area (Å²) in [5, 5.41) is 0. The molecule has 1 aromatic heterocycles. The second kappa shape index (κ2) is 8.68. The Bertz CT molecular complexity index is 1200. The number of morpholine rings is 1. The third-order valence-electron chi connectivity index (χ3n) is 9.46. The zero-order valence-corrected chi connectivity index (χ0v) is 21.9. The molecular formula is C28H35N5O4. The van der Waals surface area contributed by atoms with Gasteiger partial charge in [0.05, 0.1) is 24.3 Å². The molecule has 0 spiro atoms. The first-order chi connectivity index (χ1) is 17.7. The van der Waals surface area contributed by atoms with E-state index in [4.69, 9.17) is 14.5 Å². The molecule has 196 valence electrons. The minimum Gasteiger partial charge on any atom is -0.448 e. The van der Waals surface area contributed by atoms with E-state index >= 15 is 0 Å². The quantitative estimate of drug-likeness (QED) is 0.587. The molecular weight excluding hydrogens is 470 g/mol. The van der Waals surface area contributed by atoms with Crippen molar-refractivity contribution in [3.05, 3.63) is 36.5 Å². The van der Waals surface area contributed by atoms with Crippen molar-refractivity contribution in [1.82, 2.24) is 14.9 Å². The number of nitrogens with zero attached hydrogens (tertiary/aromatic N) is 5. The minimum absolute atomic E-state index is 0.0539. The Balaban J connectivity index is 1.13. The van der Waals surface area contributed by atoms with Gasteiger partial charge in [-0.2, -0.15) is 0 Å². The van der Waals surface area contributed by atoms with Crippen LogP contribution in [0.3, 0.4) is 0 Å². The van der Waals surface area contributed by atoms with Crippen LogP contribution in [-0.2, 0) is 19.1 Å². The lowest BCUT2D eigenvalue weighted by molar-refractivity contribution is -0.174. The zero-order valence-electron chi connectivity index (χ0n) is 21.9. The maximum atomic E-state index is 13.7. The van der Waals surface area contributed by atoms with Crippen molar-refractivity contribution in [2.24, 2.45) is 10.8 Å². The lowest BCUT2D eigenvalue weighted by Crippen LogP contribution is -2.59. The van der Waals surface area contributed by atoms with Gasteiger partial charge in [-0.1, -0.05) is 26.0 Å². The third kappa shape index (κ3) is 3.61. The number of amides is 1. The second-order valence-corrected chi connectivity index (χ2v) is 11.3. The Morgan fingerprint density at radius 3 is 2.22 bits per heavy atom. The number of hydrogen-bond acceptors (Lipinski definition) is 8. The van der Waals surface area contributed by atoms with Crippen LogP contribution in [0.5, 0.6) is 0 Å². The average Bonchev–Trinajstić information content (AvgIpc) is 3.24. The predicted octanol–water partition coefficient (Wildman–Crippen LogP) is 2.75. The van der Waals surface area contributed by atoms with E-state index in [2.05, 4.69) is 39.0 Å². The molecule has 2 aromatic rings. The molecule has 9 heteroatoms. The molecule has 3 aliphatic heterocycles. The number of aromatic nitrogens is 2. The van der Waals surface area contributed by atoms with Gasteiger partial charge >= 0.3 is 5.97 Å². The smallest absolute Gasteiger partial charge is 0.313 e. The number of benzene rings is 1. The molecule has 2 atom stereocenters. The molecule has 2 bridgehead atoms. The van der Waals surface area contributed by atoms with Crippen LogP contribution in [0, 0.1) is 10.8 Å². The number of ether oxygens (including phenoxy) is 2. The maximum absolute atomic E-state index is 13.7. The van der Waals surface area contributed by atoms with Gasteiger partial charge in [-0.05, 0) is 38.0 Å². The second-order valence-electron chi connectivity index (χ2n) is 11.3. The summed E-state index contributed by atoms with van der Waals surface area (Å²) in [6.07, 6.45) is 3.08. The molecule has 1 saturated carbocycles. The van der Waals surface area contributed by atoms with Gasteiger partial charge in [-0.15, -0.1) is 0 Å². The number of piperazine rings is 1. The number of rotatable bonds is 4. The number of anilines is 2. The summed E-state index contributed by atoms with van der Waals surface area (Å²) in [5.74, 6) is 0.377. The van der Waals surface area contributed by atoms with Gasteiger partial charge in [-0.3, -0.25) is 9.59 Å². The Morgan fingerprint density at radius 2 is 1.59 bits per heavy atom. The lowest BCUT2D eigenvalue weighted by Gasteiger charge is -2.42. The Labute approximate surface area is 217 Å². The Hall–Kier alpha value is -3.20. The number of esters is 1. The van der Waals surface area contributed by atoms with Crippen molar-refractivity contribution < 1.29 is 19.1 Å². The molecule has 0 N–H and O–H groups in total. The van der Waals surface area contributed by atoms with E-state index in [0.29, 0.717) is 45.0 Å². The summed E-state index contributed by atoms with van der Waals surface area (Å²) in [6.45, 7) is 11.7. The molecule has 37 heavy (non-hydrogen) atoms. The highest BCUT2D eigenvalue weighted by Crippen LogP contribution is 2.66. The van der Waals surface area contributed by atoms with Crippen molar-refractivity contribution in [1.29, 1.82) is 0 Å². The molecule has 0 unspecified atom stereocenters. The van der Waals surface area contributed by atoms with Crippen LogP contribution in [0.15, 0.2) is 36.5 Å². The molecule has 1 amide bonds. The summed E-state index contributed by atoms with van der Waals surface area (Å²) < 4.78 is 11.3. The van der Waals surface area contributed by atoms with E-state index in [0.717, 1.165) is 37.6 Å². The van der Waals surface area contributed by atoms with Crippen LogP contribution in [-0.4, -0.2) is 84.8 Å². The Kier molecular flexibility index (Phi) is 5.67. The first-order valence-electron chi connectivity index (χ1n) is 13.3. The first kappa shape index (κ1) is 24.2. The van der Waals surface area contributed by atoms with Gasteiger partial charge in [0, 0.05) is 62.1 Å². The van der Waals surface area contributed by atoms with Gasteiger partial charge in [0.2, 0.25) is 5.95 Å². The summed E-state index contributed by atoms with van der Waals surface area (Å²) in [6, 6.07) is 10.4. The third-order valence-corrected chi connectivity index (χ3v) is 9.46. The number of fused-ring (bicyclic) bond motifs is 2. The minimum atomic E-state index is -1.05. The average molecular weight is 506 g/mol. The van der Waals surface area contributed by atoms with Gasteiger partial charge < -0.3 is 24.2 Å². The van der Waals surface area contributed by atoms with Gasteiger partial charge in [0.25, 0.3) is 5.91 Å². The van der Waals surface area contributed by atoms with E-state index in [-0.39, 0.29) is 11.9 Å². The van der Waals surface area contributed by atoms with E-state index in [1.165, 1.54) is 5.69 Å². The van der Waals surface area contributed by atoms with E-state index < -0.39 is 16.4 Å². The maximum Gasteiger partial charge on any atom is 0.313 e. The molecule has 3 saturated heterocycles. The van der Waals surface area contributed by atoms with Crippen LogP contribution in [0.25, 0.3) is 11.3 Å². The predicted molar refractivity (Wildman–Crippen MR) is 139 cm³/mol. The molecule has 1 aliphatic carbocycles. The van der Waals surface area contributed by atoms with Gasteiger partial charge in [0.15, 0.2) is 5.60 Å². The highest BCUT2D eigenvalue weighted by Gasteiger charge is 2.76. The van der Waals surface area contributed by atoms with E-state index in [1.807, 2.05) is 31.7 Å². The van der Waals surface area contributed by atoms with E-state index in [1.54, 1.807) is 6.20 Å². The largest absolute Gasteiger partial charge is 0.448 e. The monoisotopic (exact) mass is 505 g/mol. The van der Waals surface area contributed by atoms with Crippen molar-refractivity contribution >= 4 is 23.5 Å². The molecule has 6 rings (SSSR count). The number of hydrogen-bond donors (Lipinski definition) is 0. The van der Waals surface area contributed by atoms with Crippen molar-refractivity contribution in [2.45, 2.75) is 39.2 Å². The molecule has 9 nitrogen and oxygen atoms in total. The van der Waals surface area contributed by atoms with Crippen LogP contribution in [0.4, 0.5) is 11.6 Å². The first-order valence-corrected chi connectivity index (χ1v) is 13.3. The Morgan fingerprint density at radius 1 is 0.892 bits per heavy atom. The van der Waals surface area contributed by atoms with Crippen LogP contribution < -0.4 is 9.80 Å². The fourth-order valence-corrected chi connectivity index (χ4v) is 6.41. The lowest BCUT2D eigenvalue weighted by atomic mass is 9.66. The molecule has 4 fully saturated rings. The van der Waals surface area contributed by atoms with Crippen LogP contribution in [0.2, 0.25) is 0 Å². The standard InChI is InChI=1S/C28H35N5O4/c1-26(2)27(3)9-10-28(26,37-24(27)35)23(34)32-12-14-33(15-13-32)25-29-11-8-22(30-25)20-4-6-21(7-5-20)31-16-18-36-19-17-31/h4-8,11H,9-10,12-19H2,1-3H3/t27-,28-/m0/s1. The summed E-state index contributed by atoms with van der Waals surface area (Å²) in [5.41, 5.74) is 0.938. The SMILES string of the molecule is CC1(C)[C@@]2(C)CC[C@@]1(C(=O)N1CCN(c3nccc(-c4ccc(N5CCOCC5)cc4)n3)CC1)OC2=O.